The van der Waals surface area contributed by atoms with Crippen LogP contribution in [0.3, 0.4) is 0 Å². The van der Waals surface area contributed by atoms with Gasteiger partial charge >= 0.3 is 0 Å². The second kappa shape index (κ2) is 5.65. The van der Waals surface area contributed by atoms with Crippen molar-refractivity contribution in [1.29, 1.82) is 0 Å². The molecule has 0 saturated heterocycles. The maximum atomic E-state index is 10.4. The minimum Gasteiger partial charge on any atom is -0.384 e. The maximum absolute atomic E-state index is 10.4. The van der Waals surface area contributed by atoms with Crippen molar-refractivity contribution in [2.75, 3.05) is 6.54 Å². The van der Waals surface area contributed by atoms with Crippen LogP contribution in [0.4, 0.5) is 0 Å². The molecule has 1 aromatic carbocycles. The molecule has 0 aliphatic heterocycles. The van der Waals surface area contributed by atoms with Gasteiger partial charge in [0.2, 0.25) is 0 Å². The largest absolute Gasteiger partial charge is 0.384 e. The molecular formula is C15H19NOS. The topological polar surface area (TPSA) is 32.3 Å². The van der Waals surface area contributed by atoms with Crippen molar-refractivity contribution in [2.24, 2.45) is 0 Å². The van der Waals surface area contributed by atoms with E-state index in [0.29, 0.717) is 6.54 Å². The summed E-state index contributed by atoms with van der Waals surface area (Å²) in [4.78, 5) is 2.62. The zero-order valence-electron chi connectivity index (χ0n) is 10.8. The second-order valence-electron chi connectivity index (χ2n) is 4.76. The van der Waals surface area contributed by atoms with E-state index in [-0.39, 0.29) is 0 Å². The van der Waals surface area contributed by atoms with Crippen molar-refractivity contribution < 1.29 is 5.11 Å². The van der Waals surface area contributed by atoms with Crippen LogP contribution in [0.5, 0.6) is 0 Å². The summed E-state index contributed by atoms with van der Waals surface area (Å²) in [7, 11) is 0. The molecule has 1 unspecified atom stereocenters. The Morgan fingerprint density at radius 2 is 1.89 bits per heavy atom. The summed E-state index contributed by atoms with van der Waals surface area (Å²) in [5.74, 6) is 0. The first-order chi connectivity index (χ1) is 8.58. The van der Waals surface area contributed by atoms with E-state index in [1.165, 1.54) is 9.75 Å². The third-order valence-electron chi connectivity index (χ3n) is 2.96. The van der Waals surface area contributed by atoms with Gasteiger partial charge in [0.25, 0.3) is 0 Å². The van der Waals surface area contributed by atoms with E-state index in [9.17, 15) is 5.11 Å². The predicted octanol–water partition coefficient (Wildman–Crippen LogP) is 3.05. The first-order valence-electron chi connectivity index (χ1n) is 6.12. The highest BCUT2D eigenvalue weighted by atomic mass is 32.1. The maximum Gasteiger partial charge on any atom is 0.0992 e. The standard InChI is InChI=1S/C15H19NOS/c1-12-8-9-14(18-12)10-16-11-15(2,17)13-6-4-3-5-7-13/h3-9,16-17H,10-11H2,1-2H3. The third-order valence-corrected chi connectivity index (χ3v) is 3.96. The van der Waals surface area contributed by atoms with Crippen LogP contribution in [0, 0.1) is 6.92 Å². The smallest absolute Gasteiger partial charge is 0.0992 e. The fourth-order valence-corrected chi connectivity index (χ4v) is 2.77. The molecule has 1 aromatic heterocycles. The first-order valence-corrected chi connectivity index (χ1v) is 6.93. The highest BCUT2D eigenvalue weighted by Crippen LogP contribution is 2.20. The van der Waals surface area contributed by atoms with Gasteiger partial charge in [0, 0.05) is 22.8 Å². The zero-order chi connectivity index (χ0) is 13.0. The SMILES string of the molecule is Cc1ccc(CNCC(C)(O)c2ccccc2)s1. The molecule has 2 nitrogen and oxygen atoms in total. The van der Waals surface area contributed by atoms with Gasteiger partial charge in [-0.25, -0.2) is 0 Å². The lowest BCUT2D eigenvalue weighted by molar-refractivity contribution is 0.0567. The summed E-state index contributed by atoms with van der Waals surface area (Å²) in [5, 5.41) is 13.7. The van der Waals surface area contributed by atoms with Crippen LogP contribution in [0.1, 0.15) is 22.2 Å². The van der Waals surface area contributed by atoms with Crippen molar-refractivity contribution in [3.63, 3.8) is 0 Å². The van der Waals surface area contributed by atoms with Crippen molar-refractivity contribution >= 4 is 11.3 Å². The Labute approximate surface area is 112 Å². The summed E-state index contributed by atoms with van der Waals surface area (Å²) < 4.78 is 0. The van der Waals surface area contributed by atoms with Gasteiger partial charge in [-0.15, -0.1) is 11.3 Å². The van der Waals surface area contributed by atoms with E-state index in [4.69, 9.17) is 0 Å². The normalized spacial score (nSPS) is 14.4. The molecule has 2 aromatic rings. The van der Waals surface area contributed by atoms with E-state index in [1.807, 2.05) is 37.3 Å². The lowest BCUT2D eigenvalue weighted by Crippen LogP contribution is -2.34. The minimum atomic E-state index is -0.826. The van der Waals surface area contributed by atoms with Crippen LogP contribution in [0.25, 0.3) is 0 Å². The van der Waals surface area contributed by atoms with Crippen LogP contribution >= 0.6 is 11.3 Å². The molecule has 3 heteroatoms. The molecule has 2 N–H and O–H groups in total. The fourth-order valence-electron chi connectivity index (χ4n) is 1.91. The van der Waals surface area contributed by atoms with Gasteiger partial charge in [0.1, 0.15) is 0 Å². The van der Waals surface area contributed by atoms with E-state index < -0.39 is 5.60 Å². The molecule has 0 aliphatic carbocycles. The number of hydrogen-bond acceptors (Lipinski definition) is 3. The van der Waals surface area contributed by atoms with Gasteiger partial charge in [-0.3, -0.25) is 0 Å². The summed E-state index contributed by atoms with van der Waals surface area (Å²) in [6.07, 6.45) is 0. The van der Waals surface area contributed by atoms with Gasteiger partial charge in [0.05, 0.1) is 5.60 Å². The lowest BCUT2D eigenvalue weighted by atomic mass is 9.96. The van der Waals surface area contributed by atoms with Gasteiger partial charge < -0.3 is 10.4 Å². The van der Waals surface area contributed by atoms with Crippen molar-refractivity contribution in [1.82, 2.24) is 5.32 Å². The van der Waals surface area contributed by atoms with E-state index in [0.717, 1.165) is 12.1 Å². The number of aryl methyl sites for hydroxylation is 1. The Balaban J connectivity index is 1.89. The van der Waals surface area contributed by atoms with Crippen LogP contribution in [0.2, 0.25) is 0 Å². The van der Waals surface area contributed by atoms with Gasteiger partial charge in [0.15, 0.2) is 0 Å². The Kier molecular flexibility index (Phi) is 4.17. The molecule has 96 valence electrons. The molecule has 1 heterocycles. The first kappa shape index (κ1) is 13.3. The molecule has 1 atom stereocenters. The molecule has 0 bridgehead atoms. The van der Waals surface area contributed by atoms with Crippen molar-refractivity contribution in [2.45, 2.75) is 26.0 Å². The number of aliphatic hydroxyl groups is 1. The minimum absolute atomic E-state index is 0.550. The quantitative estimate of drug-likeness (QED) is 0.867. The molecule has 0 fully saturated rings. The summed E-state index contributed by atoms with van der Waals surface area (Å²) in [6, 6.07) is 14.0. The monoisotopic (exact) mass is 261 g/mol. The lowest BCUT2D eigenvalue weighted by Gasteiger charge is -2.24. The Hall–Kier alpha value is -1.16. The van der Waals surface area contributed by atoms with Gasteiger partial charge in [-0.1, -0.05) is 30.3 Å². The molecule has 18 heavy (non-hydrogen) atoms. The van der Waals surface area contributed by atoms with E-state index in [1.54, 1.807) is 11.3 Å². The highest BCUT2D eigenvalue weighted by Gasteiger charge is 2.21. The number of nitrogens with one attached hydrogen (secondary N) is 1. The number of benzene rings is 1. The Morgan fingerprint density at radius 1 is 1.17 bits per heavy atom. The molecule has 0 aliphatic rings. The Morgan fingerprint density at radius 3 is 2.50 bits per heavy atom. The van der Waals surface area contributed by atoms with Crippen LogP contribution in [-0.2, 0) is 12.1 Å². The predicted molar refractivity (Wildman–Crippen MR) is 76.8 cm³/mol. The number of thiophene rings is 1. The summed E-state index contributed by atoms with van der Waals surface area (Å²) >= 11 is 1.79. The second-order valence-corrected chi connectivity index (χ2v) is 6.13. The van der Waals surface area contributed by atoms with E-state index in [2.05, 4.69) is 24.4 Å². The molecule has 0 spiro atoms. The zero-order valence-corrected chi connectivity index (χ0v) is 11.6. The van der Waals surface area contributed by atoms with Crippen LogP contribution in [-0.4, -0.2) is 11.7 Å². The molecule has 2 rings (SSSR count). The number of hydrogen-bond donors (Lipinski definition) is 2. The summed E-state index contributed by atoms with van der Waals surface area (Å²) in [5.41, 5.74) is 0.118. The van der Waals surface area contributed by atoms with Gasteiger partial charge in [-0.2, -0.15) is 0 Å². The highest BCUT2D eigenvalue weighted by molar-refractivity contribution is 7.11. The Bertz CT molecular complexity index is 490. The van der Waals surface area contributed by atoms with Crippen LogP contribution in [0.15, 0.2) is 42.5 Å². The van der Waals surface area contributed by atoms with Crippen molar-refractivity contribution in [3.8, 4) is 0 Å². The number of rotatable bonds is 5. The van der Waals surface area contributed by atoms with Crippen LogP contribution < -0.4 is 5.32 Å². The molecular weight excluding hydrogens is 242 g/mol. The van der Waals surface area contributed by atoms with Gasteiger partial charge in [-0.05, 0) is 31.5 Å². The molecule has 0 amide bonds. The molecule has 0 saturated carbocycles. The van der Waals surface area contributed by atoms with Crippen molar-refractivity contribution in [3.05, 3.63) is 57.8 Å². The fraction of sp³-hybridized carbons (Fsp3) is 0.333. The molecule has 0 radical (unpaired) electrons. The third kappa shape index (κ3) is 3.42. The average Bonchev–Trinajstić information content (AvgIpc) is 2.76. The summed E-state index contributed by atoms with van der Waals surface area (Å²) in [6.45, 7) is 5.30. The van der Waals surface area contributed by atoms with E-state index >= 15 is 0 Å². The average molecular weight is 261 g/mol.